The number of aliphatic imine (C=N–C) groups is 1. The minimum absolute atomic E-state index is 0.584. The molecule has 2 fully saturated rings. The van der Waals surface area contributed by atoms with Gasteiger partial charge in [-0.1, -0.05) is 48.5 Å². The lowest BCUT2D eigenvalue weighted by molar-refractivity contribution is 0.122. The zero-order chi connectivity index (χ0) is 19.9. The van der Waals surface area contributed by atoms with Gasteiger partial charge in [0.05, 0.1) is 19.8 Å². The molecular formula is C24H32N4O. The fourth-order valence-electron chi connectivity index (χ4n) is 4.29. The molecular weight excluding hydrogens is 360 g/mol. The van der Waals surface area contributed by atoms with E-state index in [0.717, 1.165) is 51.9 Å². The van der Waals surface area contributed by atoms with Crippen molar-refractivity contribution in [2.24, 2.45) is 4.99 Å². The first-order chi connectivity index (χ1) is 14.3. The molecule has 2 aromatic carbocycles. The van der Waals surface area contributed by atoms with Crippen molar-refractivity contribution in [3.8, 4) is 0 Å². The standard InChI is InChI=1S/C24H32N4O/c1-2-25-24(28-13-12-22(19-28)20-8-4-3-5-9-20)26-18-21-10-6-7-11-23(21)27-14-16-29-17-15-27/h3-11,22H,2,12-19H2,1H3,(H,25,26). The first-order valence-electron chi connectivity index (χ1n) is 10.8. The zero-order valence-electron chi connectivity index (χ0n) is 17.4. The maximum atomic E-state index is 5.52. The molecule has 29 heavy (non-hydrogen) atoms. The highest BCUT2D eigenvalue weighted by molar-refractivity contribution is 5.80. The van der Waals surface area contributed by atoms with Crippen LogP contribution >= 0.6 is 0 Å². The Hall–Kier alpha value is -2.53. The summed E-state index contributed by atoms with van der Waals surface area (Å²) in [6.07, 6.45) is 1.18. The number of rotatable bonds is 5. The number of para-hydroxylation sites is 1. The number of nitrogens with zero attached hydrogens (tertiary/aromatic N) is 3. The molecule has 0 saturated carbocycles. The molecule has 5 heteroatoms. The van der Waals surface area contributed by atoms with Crippen LogP contribution in [0.4, 0.5) is 5.69 Å². The molecule has 2 aliphatic rings. The van der Waals surface area contributed by atoms with Gasteiger partial charge < -0.3 is 19.9 Å². The predicted molar refractivity (Wildman–Crippen MR) is 120 cm³/mol. The van der Waals surface area contributed by atoms with Gasteiger partial charge in [0.15, 0.2) is 5.96 Å². The van der Waals surface area contributed by atoms with E-state index in [-0.39, 0.29) is 0 Å². The van der Waals surface area contributed by atoms with E-state index in [2.05, 4.69) is 76.6 Å². The summed E-state index contributed by atoms with van der Waals surface area (Å²) in [6.45, 7) is 9.30. The molecule has 154 valence electrons. The Labute approximate surface area is 174 Å². The van der Waals surface area contributed by atoms with Gasteiger partial charge >= 0.3 is 0 Å². The summed E-state index contributed by atoms with van der Waals surface area (Å²) in [5, 5.41) is 3.51. The molecule has 2 aliphatic heterocycles. The Bertz CT molecular complexity index is 802. The zero-order valence-corrected chi connectivity index (χ0v) is 17.4. The van der Waals surface area contributed by atoms with E-state index in [9.17, 15) is 0 Å². The van der Waals surface area contributed by atoms with Gasteiger partial charge in [-0.15, -0.1) is 0 Å². The SMILES string of the molecule is CCNC(=NCc1ccccc1N1CCOCC1)N1CCC(c2ccccc2)C1. The Morgan fingerprint density at radius 2 is 1.79 bits per heavy atom. The quantitative estimate of drug-likeness (QED) is 0.625. The van der Waals surface area contributed by atoms with E-state index in [1.165, 1.54) is 23.2 Å². The fraction of sp³-hybridized carbons (Fsp3) is 0.458. The maximum Gasteiger partial charge on any atom is 0.194 e. The second-order valence-corrected chi connectivity index (χ2v) is 7.74. The van der Waals surface area contributed by atoms with Crippen LogP contribution in [-0.4, -0.2) is 56.8 Å². The van der Waals surface area contributed by atoms with Gasteiger partial charge in [-0.3, -0.25) is 0 Å². The Morgan fingerprint density at radius 3 is 2.59 bits per heavy atom. The normalized spacial score (nSPS) is 20.2. The van der Waals surface area contributed by atoms with Crippen LogP contribution in [0.2, 0.25) is 0 Å². The third-order valence-corrected chi connectivity index (χ3v) is 5.84. The molecule has 0 radical (unpaired) electrons. The largest absolute Gasteiger partial charge is 0.378 e. The molecule has 5 nitrogen and oxygen atoms in total. The van der Waals surface area contributed by atoms with Crippen molar-refractivity contribution in [1.82, 2.24) is 10.2 Å². The lowest BCUT2D eigenvalue weighted by Gasteiger charge is -2.30. The second kappa shape index (κ2) is 9.79. The molecule has 2 saturated heterocycles. The van der Waals surface area contributed by atoms with Crippen molar-refractivity contribution < 1.29 is 4.74 Å². The monoisotopic (exact) mass is 392 g/mol. The van der Waals surface area contributed by atoms with Crippen molar-refractivity contribution in [3.63, 3.8) is 0 Å². The molecule has 1 atom stereocenters. The van der Waals surface area contributed by atoms with Gasteiger partial charge in [-0.25, -0.2) is 4.99 Å². The van der Waals surface area contributed by atoms with Gasteiger partial charge in [0, 0.05) is 44.3 Å². The molecule has 0 spiro atoms. The highest BCUT2D eigenvalue weighted by Gasteiger charge is 2.26. The first-order valence-corrected chi connectivity index (χ1v) is 10.8. The number of hydrogen-bond acceptors (Lipinski definition) is 3. The summed E-state index contributed by atoms with van der Waals surface area (Å²) in [4.78, 5) is 9.86. The number of ether oxygens (including phenoxy) is 1. The molecule has 4 rings (SSSR count). The van der Waals surface area contributed by atoms with E-state index in [1.54, 1.807) is 0 Å². The van der Waals surface area contributed by atoms with E-state index < -0.39 is 0 Å². The Balaban J connectivity index is 1.47. The molecule has 0 aromatic heterocycles. The summed E-state index contributed by atoms with van der Waals surface area (Å²) in [6, 6.07) is 19.5. The number of guanidine groups is 1. The lowest BCUT2D eigenvalue weighted by Crippen LogP contribution is -2.40. The second-order valence-electron chi connectivity index (χ2n) is 7.74. The average molecular weight is 393 g/mol. The van der Waals surface area contributed by atoms with Crippen LogP contribution in [-0.2, 0) is 11.3 Å². The van der Waals surface area contributed by atoms with Gasteiger partial charge in [0.1, 0.15) is 0 Å². The van der Waals surface area contributed by atoms with Crippen LogP contribution < -0.4 is 10.2 Å². The molecule has 2 heterocycles. The summed E-state index contributed by atoms with van der Waals surface area (Å²) in [5.41, 5.74) is 4.01. The van der Waals surface area contributed by atoms with Crippen LogP contribution in [0.3, 0.4) is 0 Å². The summed E-state index contributed by atoms with van der Waals surface area (Å²) < 4.78 is 5.52. The van der Waals surface area contributed by atoms with Crippen LogP contribution in [0.25, 0.3) is 0 Å². The fourth-order valence-corrected chi connectivity index (χ4v) is 4.29. The molecule has 2 aromatic rings. The van der Waals surface area contributed by atoms with Crippen LogP contribution in [0.1, 0.15) is 30.4 Å². The van der Waals surface area contributed by atoms with Crippen LogP contribution in [0.15, 0.2) is 59.6 Å². The van der Waals surface area contributed by atoms with Crippen molar-refractivity contribution in [2.75, 3.05) is 50.8 Å². The Kier molecular flexibility index (Phi) is 6.67. The summed E-state index contributed by atoms with van der Waals surface area (Å²) >= 11 is 0. The van der Waals surface area contributed by atoms with Gasteiger partial charge in [0.2, 0.25) is 0 Å². The highest BCUT2D eigenvalue weighted by atomic mass is 16.5. The van der Waals surface area contributed by atoms with Crippen molar-refractivity contribution in [1.29, 1.82) is 0 Å². The van der Waals surface area contributed by atoms with Gasteiger partial charge in [-0.2, -0.15) is 0 Å². The smallest absolute Gasteiger partial charge is 0.194 e. The summed E-state index contributed by atoms with van der Waals surface area (Å²) in [5.74, 6) is 1.61. The minimum atomic E-state index is 0.584. The highest BCUT2D eigenvalue weighted by Crippen LogP contribution is 2.27. The lowest BCUT2D eigenvalue weighted by atomic mass is 9.99. The number of morpholine rings is 1. The van der Waals surface area contributed by atoms with Gasteiger partial charge in [0.25, 0.3) is 0 Å². The molecule has 0 bridgehead atoms. The number of nitrogens with one attached hydrogen (secondary N) is 1. The molecule has 1 unspecified atom stereocenters. The van der Waals surface area contributed by atoms with E-state index >= 15 is 0 Å². The third-order valence-electron chi connectivity index (χ3n) is 5.84. The molecule has 0 amide bonds. The van der Waals surface area contributed by atoms with Crippen LogP contribution in [0, 0.1) is 0 Å². The van der Waals surface area contributed by atoms with E-state index in [0.29, 0.717) is 12.5 Å². The van der Waals surface area contributed by atoms with Gasteiger partial charge in [-0.05, 0) is 30.5 Å². The van der Waals surface area contributed by atoms with E-state index in [4.69, 9.17) is 9.73 Å². The van der Waals surface area contributed by atoms with E-state index in [1.807, 2.05) is 0 Å². The van der Waals surface area contributed by atoms with Crippen molar-refractivity contribution >= 4 is 11.6 Å². The number of benzene rings is 2. The molecule has 0 aliphatic carbocycles. The minimum Gasteiger partial charge on any atom is -0.378 e. The Morgan fingerprint density at radius 1 is 1.03 bits per heavy atom. The number of anilines is 1. The number of likely N-dealkylation sites (tertiary alicyclic amines) is 1. The topological polar surface area (TPSA) is 40.1 Å². The van der Waals surface area contributed by atoms with Crippen molar-refractivity contribution in [3.05, 3.63) is 65.7 Å². The predicted octanol–water partition coefficient (Wildman–Crippen LogP) is 3.48. The summed E-state index contributed by atoms with van der Waals surface area (Å²) in [7, 11) is 0. The third kappa shape index (κ3) is 4.91. The number of hydrogen-bond donors (Lipinski definition) is 1. The molecule has 1 N–H and O–H groups in total. The van der Waals surface area contributed by atoms with Crippen molar-refractivity contribution in [2.45, 2.75) is 25.8 Å². The first kappa shape index (κ1) is 19.8. The average Bonchev–Trinajstić information content (AvgIpc) is 3.28. The maximum absolute atomic E-state index is 5.52. The van der Waals surface area contributed by atoms with Crippen LogP contribution in [0.5, 0.6) is 0 Å².